The summed E-state index contributed by atoms with van der Waals surface area (Å²) in [6, 6.07) is 3.06. The first kappa shape index (κ1) is 13.0. The molecule has 0 saturated heterocycles. The second kappa shape index (κ2) is 5.83. The number of aliphatic hydroxyl groups is 2. The quantitative estimate of drug-likeness (QED) is 0.704. The molecule has 0 spiro atoms. The molecule has 1 aromatic rings. The van der Waals surface area contributed by atoms with Gasteiger partial charge in [0.15, 0.2) is 5.12 Å². The summed E-state index contributed by atoms with van der Waals surface area (Å²) in [5.41, 5.74) is 5.95. The van der Waals surface area contributed by atoms with E-state index in [9.17, 15) is 15.0 Å². The minimum atomic E-state index is -1.06. The highest BCUT2D eigenvalue weighted by Gasteiger charge is 2.19. The van der Waals surface area contributed by atoms with Crippen LogP contribution in [0.25, 0.3) is 0 Å². The molecule has 0 amide bonds. The van der Waals surface area contributed by atoms with Gasteiger partial charge in [-0.25, -0.2) is 4.98 Å². The first-order valence-corrected chi connectivity index (χ1v) is 5.70. The molecule has 0 fully saturated rings. The van der Waals surface area contributed by atoms with Crippen LogP contribution in [-0.2, 0) is 4.79 Å². The number of nitrogens with zero attached hydrogens (tertiary/aromatic N) is 1. The van der Waals surface area contributed by atoms with E-state index in [0.29, 0.717) is 5.56 Å². The third kappa shape index (κ3) is 3.80. The Balaban J connectivity index is 2.62. The molecule has 5 nitrogen and oxygen atoms in total. The Labute approximate surface area is 97.7 Å². The second-order valence-corrected chi connectivity index (χ2v) is 4.53. The molecule has 1 rings (SSSR count). The lowest BCUT2D eigenvalue weighted by Gasteiger charge is -2.17. The summed E-state index contributed by atoms with van der Waals surface area (Å²) in [7, 11) is 0. The van der Waals surface area contributed by atoms with Crippen LogP contribution in [-0.4, -0.2) is 32.2 Å². The maximum Gasteiger partial charge on any atom is 0.185 e. The van der Waals surface area contributed by atoms with Gasteiger partial charge in [-0.15, -0.1) is 0 Å². The SMILES string of the molecule is CC(=O)SCC(O)C(O)c1ccnc(N)c1. The van der Waals surface area contributed by atoms with Crippen molar-refractivity contribution in [3.63, 3.8) is 0 Å². The molecule has 0 aliphatic rings. The van der Waals surface area contributed by atoms with Crippen LogP contribution in [0.5, 0.6) is 0 Å². The molecule has 1 heterocycles. The van der Waals surface area contributed by atoms with Gasteiger partial charge in [-0.2, -0.15) is 0 Å². The summed E-state index contributed by atoms with van der Waals surface area (Å²) in [5.74, 6) is 0.432. The average Bonchev–Trinajstić information content (AvgIpc) is 2.24. The van der Waals surface area contributed by atoms with Crippen LogP contribution in [0.3, 0.4) is 0 Å². The second-order valence-electron chi connectivity index (χ2n) is 3.33. The maximum absolute atomic E-state index is 10.7. The minimum absolute atomic E-state index is 0.0968. The van der Waals surface area contributed by atoms with E-state index in [-0.39, 0.29) is 16.7 Å². The highest BCUT2D eigenvalue weighted by molar-refractivity contribution is 8.13. The molecule has 0 radical (unpaired) electrons. The molecule has 0 aliphatic carbocycles. The van der Waals surface area contributed by atoms with Gasteiger partial charge in [0.05, 0.1) is 6.10 Å². The van der Waals surface area contributed by atoms with E-state index in [1.54, 1.807) is 6.07 Å². The number of aliphatic hydroxyl groups excluding tert-OH is 2. The van der Waals surface area contributed by atoms with Gasteiger partial charge in [0.2, 0.25) is 0 Å². The Morgan fingerprint density at radius 1 is 1.62 bits per heavy atom. The largest absolute Gasteiger partial charge is 0.389 e. The van der Waals surface area contributed by atoms with Crippen molar-refractivity contribution in [3.8, 4) is 0 Å². The van der Waals surface area contributed by atoms with Gasteiger partial charge in [0.1, 0.15) is 11.9 Å². The van der Waals surface area contributed by atoms with Gasteiger partial charge < -0.3 is 15.9 Å². The first-order valence-electron chi connectivity index (χ1n) is 4.71. The highest BCUT2D eigenvalue weighted by Crippen LogP contribution is 2.20. The summed E-state index contributed by atoms with van der Waals surface area (Å²) in [6.45, 7) is 1.41. The summed E-state index contributed by atoms with van der Waals surface area (Å²) in [5, 5.41) is 19.3. The predicted octanol–water partition coefficient (Wildman–Crippen LogP) is 0.338. The van der Waals surface area contributed by atoms with Gasteiger partial charge in [0, 0.05) is 18.9 Å². The number of hydrogen-bond donors (Lipinski definition) is 3. The summed E-state index contributed by atoms with van der Waals surface area (Å²) in [4.78, 5) is 14.5. The van der Waals surface area contributed by atoms with Crippen molar-refractivity contribution < 1.29 is 15.0 Å². The fraction of sp³-hybridized carbons (Fsp3) is 0.400. The lowest BCUT2D eigenvalue weighted by atomic mass is 10.1. The lowest BCUT2D eigenvalue weighted by molar-refractivity contribution is -0.109. The van der Waals surface area contributed by atoms with Gasteiger partial charge >= 0.3 is 0 Å². The minimum Gasteiger partial charge on any atom is -0.389 e. The van der Waals surface area contributed by atoms with Crippen molar-refractivity contribution in [1.82, 2.24) is 4.98 Å². The Morgan fingerprint density at radius 3 is 2.88 bits per heavy atom. The number of aromatic nitrogens is 1. The number of carbonyl (C=O) groups excluding carboxylic acids is 1. The number of nitrogens with two attached hydrogens (primary N) is 1. The van der Waals surface area contributed by atoms with Gasteiger partial charge in [-0.05, 0) is 17.7 Å². The normalized spacial score (nSPS) is 14.4. The average molecular weight is 242 g/mol. The predicted molar refractivity (Wildman–Crippen MR) is 62.8 cm³/mol. The Bertz CT molecular complexity index is 373. The zero-order valence-electron chi connectivity index (χ0n) is 8.83. The zero-order valence-corrected chi connectivity index (χ0v) is 9.65. The zero-order chi connectivity index (χ0) is 12.1. The third-order valence-corrected chi connectivity index (χ3v) is 2.88. The van der Waals surface area contributed by atoms with Crippen molar-refractivity contribution in [2.45, 2.75) is 19.1 Å². The molecule has 2 atom stereocenters. The third-order valence-electron chi connectivity index (χ3n) is 1.97. The Kier molecular flexibility index (Phi) is 4.72. The molecule has 16 heavy (non-hydrogen) atoms. The molecule has 1 aromatic heterocycles. The van der Waals surface area contributed by atoms with Crippen LogP contribution < -0.4 is 5.73 Å². The van der Waals surface area contributed by atoms with Crippen molar-refractivity contribution in [1.29, 1.82) is 0 Å². The molecule has 4 N–H and O–H groups in total. The number of rotatable bonds is 4. The number of pyridine rings is 1. The van der Waals surface area contributed by atoms with Crippen LogP contribution in [0.15, 0.2) is 18.3 Å². The summed E-state index contributed by atoms with van der Waals surface area (Å²) in [6.07, 6.45) is -0.605. The maximum atomic E-state index is 10.7. The van der Waals surface area contributed by atoms with Crippen molar-refractivity contribution in [2.75, 3.05) is 11.5 Å². The standard InChI is InChI=1S/C10H14N2O3S/c1-6(13)16-5-8(14)10(15)7-2-3-12-9(11)4-7/h2-4,8,10,14-15H,5H2,1H3,(H2,11,12). The van der Waals surface area contributed by atoms with E-state index in [0.717, 1.165) is 11.8 Å². The number of hydrogen-bond acceptors (Lipinski definition) is 6. The number of thioether (sulfide) groups is 1. The molecule has 0 saturated carbocycles. The number of nitrogen functional groups attached to an aromatic ring is 1. The van der Waals surface area contributed by atoms with Crippen LogP contribution in [0, 0.1) is 0 Å². The molecule has 6 heteroatoms. The van der Waals surface area contributed by atoms with Crippen molar-refractivity contribution in [2.24, 2.45) is 0 Å². The van der Waals surface area contributed by atoms with Crippen molar-refractivity contribution in [3.05, 3.63) is 23.9 Å². The number of carbonyl (C=O) groups is 1. The molecular formula is C10H14N2O3S. The topological polar surface area (TPSA) is 96.4 Å². The van der Waals surface area contributed by atoms with E-state index in [1.165, 1.54) is 19.2 Å². The fourth-order valence-electron chi connectivity index (χ4n) is 1.17. The molecular weight excluding hydrogens is 228 g/mol. The molecule has 0 bridgehead atoms. The van der Waals surface area contributed by atoms with E-state index >= 15 is 0 Å². The summed E-state index contributed by atoms with van der Waals surface area (Å²) >= 11 is 0.971. The fourth-order valence-corrected chi connectivity index (χ4v) is 1.75. The van der Waals surface area contributed by atoms with Crippen LogP contribution >= 0.6 is 11.8 Å². The van der Waals surface area contributed by atoms with E-state index in [2.05, 4.69) is 4.98 Å². The molecule has 88 valence electrons. The highest BCUT2D eigenvalue weighted by atomic mass is 32.2. The first-order chi connectivity index (χ1) is 7.50. The van der Waals surface area contributed by atoms with Crippen LogP contribution in [0.4, 0.5) is 5.82 Å². The molecule has 2 unspecified atom stereocenters. The van der Waals surface area contributed by atoms with Crippen molar-refractivity contribution >= 4 is 22.7 Å². The molecule has 0 aromatic carbocycles. The Hall–Kier alpha value is -1.11. The number of anilines is 1. The molecule has 0 aliphatic heterocycles. The van der Waals surface area contributed by atoms with E-state index in [4.69, 9.17) is 5.73 Å². The van der Waals surface area contributed by atoms with Crippen LogP contribution in [0.1, 0.15) is 18.6 Å². The lowest BCUT2D eigenvalue weighted by Crippen LogP contribution is -2.21. The van der Waals surface area contributed by atoms with E-state index < -0.39 is 12.2 Å². The van der Waals surface area contributed by atoms with Gasteiger partial charge in [-0.1, -0.05) is 11.8 Å². The summed E-state index contributed by atoms with van der Waals surface area (Å²) < 4.78 is 0. The Morgan fingerprint density at radius 2 is 2.31 bits per heavy atom. The van der Waals surface area contributed by atoms with Gasteiger partial charge in [-0.3, -0.25) is 4.79 Å². The van der Waals surface area contributed by atoms with Gasteiger partial charge in [0.25, 0.3) is 0 Å². The smallest absolute Gasteiger partial charge is 0.185 e. The van der Waals surface area contributed by atoms with E-state index in [1.807, 2.05) is 0 Å². The van der Waals surface area contributed by atoms with Crippen LogP contribution in [0.2, 0.25) is 0 Å². The monoisotopic (exact) mass is 242 g/mol.